The zero-order valence-corrected chi connectivity index (χ0v) is 17.5. The monoisotopic (exact) mass is 406 g/mol. The number of epoxide rings is 3. The van der Waals surface area contributed by atoms with E-state index in [1.54, 1.807) is 0 Å². The second kappa shape index (κ2) is 12.0. The summed E-state index contributed by atoms with van der Waals surface area (Å²) in [4.78, 5) is 0. The first-order valence-corrected chi connectivity index (χ1v) is 11.3. The van der Waals surface area contributed by atoms with Crippen LogP contribution in [0.5, 0.6) is 0 Å². The smallest absolute Gasteiger partial charge is 0.107 e. The predicted octanol–water partition coefficient (Wildman–Crippen LogP) is 3.56. The molecule has 3 heterocycles. The standard InChI is InChI=1S/C24H38O5/c1-2-18(15-25)10-8-6-4-3-5-7-9-11-19(24-17-27-24)14-22-20(28-22)12-13-21-23(16-26)29-21/h2,5-8,18-26H,1,3-4,9-17H2/b7-5+,8-6-. The molecule has 164 valence electrons. The van der Waals surface area contributed by atoms with Gasteiger partial charge in [0.1, 0.15) is 6.10 Å². The summed E-state index contributed by atoms with van der Waals surface area (Å²) in [6, 6.07) is 0. The number of hydrogen-bond donors (Lipinski definition) is 2. The van der Waals surface area contributed by atoms with E-state index in [0.29, 0.717) is 24.2 Å². The van der Waals surface area contributed by atoms with Crippen molar-refractivity contribution in [2.45, 2.75) is 81.9 Å². The summed E-state index contributed by atoms with van der Waals surface area (Å²) in [7, 11) is 0. The van der Waals surface area contributed by atoms with Crippen molar-refractivity contribution in [3.63, 3.8) is 0 Å². The number of aliphatic hydroxyl groups is 2. The number of rotatable bonds is 17. The van der Waals surface area contributed by atoms with E-state index in [1.165, 1.54) is 6.42 Å². The quantitative estimate of drug-likeness (QED) is 0.219. The summed E-state index contributed by atoms with van der Waals surface area (Å²) in [6.07, 6.45) is 20.7. The number of ether oxygens (including phenoxy) is 3. The molecule has 0 bridgehead atoms. The first-order valence-electron chi connectivity index (χ1n) is 11.3. The molecule has 0 amide bonds. The van der Waals surface area contributed by atoms with Crippen LogP contribution < -0.4 is 0 Å². The van der Waals surface area contributed by atoms with Gasteiger partial charge in [-0.3, -0.25) is 0 Å². The Hall–Kier alpha value is -0.980. The molecule has 7 atom stereocenters. The highest BCUT2D eigenvalue weighted by Crippen LogP contribution is 2.39. The van der Waals surface area contributed by atoms with Gasteiger partial charge in [0.2, 0.25) is 0 Å². The van der Waals surface area contributed by atoms with Gasteiger partial charge >= 0.3 is 0 Å². The van der Waals surface area contributed by atoms with E-state index in [-0.39, 0.29) is 31.3 Å². The van der Waals surface area contributed by atoms with Crippen LogP contribution in [0.4, 0.5) is 0 Å². The fourth-order valence-electron chi connectivity index (χ4n) is 4.02. The molecule has 3 fully saturated rings. The second-order valence-electron chi connectivity index (χ2n) is 8.57. The zero-order valence-electron chi connectivity index (χ0n) is 17.5. The van der Waals surface area contributed by atoms with Crippen LogP contribution in [0.3, 0.4) is 0 Å². The summed E-state index contributed by atoms with van der Waals surface area (Å²) in [6.45, 7) is 4.95. The molecule has 5 nitrogen and oxygen atoms in total. The van der Waals surface area contributed by atoms with Crippen molar-refractivity contribution in [2.75, 3.05) is 19.8 Å². The topological polar surface area (TPSA) is 78.0 Å². The molecule has 0 spiro atoms. The molecule has 0 radical (unpaired) electrons. The van der Waals surface area contributed by atoms with E-state index in [4.69, 9.17) is 24.4 Å². The van der Waals surface area contributed by atoms with Crippen molar-refractivity contribution in [3.8, 4) is 0 Å². The summed E-state index contributed by atoms with van der Waals surface area (Å²) < 4.78 is 16.8. The van der Waals surface area contributed by atoms with Crippen molar-refractivity contribution in [3.05, 3.63) is 37.0 Å². The first-order chi connectivity index (χ1) is 14.2. The van der Waals surface area contributed by atoms with E-state index in [2.05, 4.69) is 30.9 Å². The van der Waals surface area contributed by atoms with Crippen LogP contribution in [0.1, 0.15) is 51.4 Å². The van der Waals surface area contributed by atoms with E-state index in [9.17, 15) is 0 Å². The van der Waals surface area contributed by atoms with Gasteiger partial charge in [0, 0.05) is 12.5 Å². The Labute approximate surface area is 175 Å². The van der Waals surface area contributed by atoms with E-state index in [1.807, 2.05) is 6.08 Å². The maximum absolute atomic E-state index is 9.11. The molecule has 0 aromatic carbocycles. The Bertz CT molecular complexity index is 541. The Morgan fingerprint density at radius 2 is 1.55 bits per heavy atom. The minimum absolute atomic E-state index is 0.0756. The third-order valence-corrected chi connectivity index (χ3v) is 6.26. The lowest BCUT2D eigenvalue weighted by Gasteiger charge is -2.11. The summed E-state index contributed by atoms with van der Waals surface area (Å²) in [5.74, 6) is 0.782. The lowest BCUT2D eigenvalue weighted by Crippen LogP contribution is -2.12. The zero-order chi connectivity index (χ0) is 20.5. The highest BCUT2D eigenvalue weighted by molar-refractivity contribution is 4.95. The van der Waals surface area contributed by atoms with Crippen LogP contribution in [0, 0.1) is 11.8 Å². The van der Waals surface area contributed by atoms with Crippen LogP contribution in [0.2, 0.25) is 0 Å². The number of hydrogen-bond acceptors (Lipinski definition) is 5. The van der Waals surface area contributed by atoms with Gasteiger partial charge in [-0.05, 0) is 57.3 Å². The lowest BCUT2D eigenvalue weighted by molar-refractivity contribution is 0.241. The van der Waals surface area contributed by atoms with Crippen LogP contribution in [-0.2, 0) is 14.2 Å². The molecule has 0 aromatic rings. The Kier molecular flexibility index (Phi) is 9.40. The highest BCUT2D eigenvalue weighted by atomic mass is 16.6. The normalized spacial score (nSPS) is 32.6. The SMILES string of the molecule is C=CC(CO)C/C=C\CC/C=C/CCC(CC1OC1CCC1OC1CO)C1CO1. The molecule has 5 heteroatoms. The molecular formula is C24H38O5. The minimum atomic E-state index is 0.0756. The molecule has 0 saturated carbocycles. The summed E-state index contributed by atoms with van der Waals surface area (Å²) in [5.41, 5.74) is 0. The van der Waals surface area contributed by atoms with E-state index >= 15 is 0 Å². The molecule has 2 N–H and O–H groups in total. The predicted molar refractivity (Wildman–Crippen MR) is 114 cm³/mol. The van der Waals surface area contributed by atoms with E-state index in [0.717, 1.165) is 51.6 Å². The van der Waals surface area contributed by atoms with Gasteiger partial charge in [-0.2, -0.15) is 0 Å². The fourth-order valence-corrected chi connectivity index (χ4v) is 4.02. The van der Waals surface area contributed by atoms with Gasteiger partial charge in [-0.25, -0.2) is 0 Å². The Balaban J connectivity index is 1.22. The fraction of sp³-hybridized carbons (Fsp3) is 0.750. The van der Waals surface area contributed by atoms with Gasteiger partial charge in [0.15, 0.2) is 0 Å². The largest absolute Gasteiger partial charge is 0.396 e. The average Bonchev–Trinajstić information content (AvgIpc) is 3.61. The van der Waals surface area contributed by atoms with E-state index < -0.39 is 0 Å². The third-order valence-electron chi connectivity index (χ3n) is 6.26. The average molecular weight is 407 g/mol. The molecule has 0 aromatic heterocycles. The Morgan fingerprint density at radius 1 is 0.897 bits per heavy atom. The van der Waals surface area contributed by atoms with Crippen LogP contribution in [0.15, 0.2) is 37.0 Å². The van der Waals surface area contributed by atoms with Crippen molar-refractivity contribution in [1.29, 1.82) is 0 Å². The maximum Gasteiger partial charge on any atom is 0.107 e. The van der Waals surface area contributed by atoms with Crippen LogP contribution in [0.25, 0.3) is 0 Å². The number of aliphatic hydroxyl groups excluding tert-OH is 2. The van der Waals surface area contributed by atoms with Crippen LogP contribution in [-0.4, -0.2) is 60.6 Å². The second-order valence-corrected chi connectivity index (χ2v) is 8.57. The number of allylic oxidation sites excluding steroid dienone is 4. The summed E-state index contributed by atoms with van der Waals surface area (Å²) in [5, 5.41) is 18.1. The van der Waals surface area contributed by atoms with Crippen LogP contribution >= 0.6 is 0 Å². The van der Waals surface area contributed by atoms with Gasteiger partial charge in [-0.15, -0.1) is 6.58 Å². The molecule has 0 aliphatic carbocycles. The van der Waals surface area contributed by atoms with Gasteiger partial charge in [0.25, 0.3) is 0 Å². The lowest BCUT2D eigenvalue weighted by atomic mass is 9.92. The van der Waals surface area contributed by atoms with Crippen molar-refractivity contribution in [1.82, 2.24) is 0 Å². The molecule has 3 aliphatic heterocycles. The Morgan fingerprint density at radius 3 is 2.17 bits per heavy atom. The molecule has 29 heavy (non-hydrogen) atoms. The van der Waals surface area contributed by atoms with Gasteiger partial charge in [-0.1, -0.05) is 30.4 Å². The van der Waals surface area contributed by atoms with Crippen molar-refractivity contribution < 1.29 is 24.4 Å². The van der Waals surface area contributed by atoms with Crippen molar-refractivity contribution in [2.24, 2.45) is 11.8 Å². The molecule has 3 saturated heterocycles. The molecular weight excluding hydrogens is 368 g/mol. The maximum atomic E-state index is 9.11. The minimum Gasteiger partial charge on any atom is -0.396 e. The van der Waals surface area contributed by atoms with Gasteiger partial charge in [0.05, 0.1) is 37.6 Å². The summed E-state index contributed by atoms with van der Waals surface area (Å²) >= 11 is 0. The first kappa shape index (κ1) is 22.7. The van der Waals surface area contributed by atoms with Gasteiger partial charge < -0.3 is 24.4 Å². The molecule has 3 aliphatic rings. The third kappa shape index (κ3) is 8.35. The molecule has 3 rings (SSSR count). The van der Waals surface area contributed by atoms with Crippen molar-refractivity contribution >= 4 is 0 Å². The number of unbranched alkanes of at least 4 members (excludes halogenated alkanes) is 1. The highest BCUT2D eigenvalue weighted by Gasteiger charge is 2.45. The molecule has 7 unspecified atom stereocenters.